The van der Waals surface area contributed by atoms with E-state index in [1.165, 1.54) is 6.33 Å². The Morgan fingerprint density at radius 2 is 1.78 bits per heavy atom. The summed E-state index contributed by atoms with van der Waals surface area (Å²) < 4.78 is 46.6. The van der Waals surface area contributed by atoms with Crippen LogP contribution in [0.1, 0.15) is 31.5 Å². The topological polar surface area (TPSA) is 73.4 Å². The fourth-order valence-corrected chi connectivity index (χ4v) is 4.78. The minimum Gasteiger partial charge on any atom is -0.493 e. The third-order valence-corrected chi connectivity index (χ3v) is 6.82. The van der Waals surface area contributed by atoms with Crippen molar-refractivity contribution in [1.29, 1.82) is 0 Å². The van der Waals surface area contributed by atoms with E-state index in [1.54, 1.807) is 0 Å². The molecule has 0 spiro atoms. The first-order valence-electron chi connectivity index (χ1n) is 12.1. The van der Waals surface area contributed by atoms with E-state index in [9.17, 15) is 13.2 Å². The molecular weight excluding hydrogens is 495 g/mol. The first-order valence-corrected chi connectivity index (χ1v) is 12.5. The molecule has 0 saturated carbocycles. The Labute approximate surface area is 213 Å². The van der Waals surface area contributed by atoms with E-state index >= 15 is 0 Å². The van der Waals surface area contributed by atoms with Gasteiger partial charge in [-0.3, -0.25) is 5.10 Å². The Bertz CT molecular complexity index is 1170. The van der Waals surface area contributed by atoms with Crippen LogP contribution in [0.4, 0.5) is 24.7 Å². The fraction of sp³-hybridized carbons (Fsp3) is 0.542. The van der Waals surface area contributed by atoms with Crippen molar-refractivity contribution in [1.82, 2.24) is 25.1 Å². The number of fused-ring (bicyclic) bond motifs is 1. The number of hydrogen-bond donors (Lipinski definition) is 1. The summed E-state index contributed by atoms with van der Waals surface area (Å²) in [6.45, 7) is 12.1. The standard InChI is InChI=1S/C24H31ClF3N7O/c1-4-33(5-2)7-6-12-36-19-14-17(25)13-18(16(19)3)34-8-10-35(11-9-34)23-20-21(24(26,27)28)31-32-22(20)29-15-30-23/h13-15H,4-12H2,1-3H3,(H,29,30,31,32). The number of aromatic nitrogens is 4. The summed E-state index contributed by atoms with van der Waals surface area (Å²) in [6, 6.07) is 3.75. The molecule has 3 aromatic rings. The summed E-state index contributed by atoms with van der Waals surface area (Å²) >= 11 is 6.43. The lowest BCUT2D eigenvalue weighted by Crippen LogP contribution is -2.47. The summed E-state index contributed by atoms with van der Waals surface area (Å²) in [4.78, 5) is 14.4. The first kappa shape index (κ1) is 26.3. The number of nitrogens with zero attached hydrogens (tertiary/aromatic N) is 6. The van der Waals surface area contributed by atoms with Gasteiger partial charge in [0.25, 0.3) is 0 Å². The van der Waals surface area contributed by atoms with Crippen LogP contribution in [0.25, 0.3) is 11.0 Å². The van der Waals surface area contributed by atoms with Crippen molar-refractivity contribution in [3.8, 4) is 5.75 Å². The zero-order valence-corrected chi connectivity index (χ0v) is 21.5. The average molecular weight is 526 g/mol. The van der Waals surface area contributed by atoms with Crippen molar-refractivity contribution in [2.24, 2.45) is 0 Å². The van der Waals surface area contributed by atoms with Crippen molar-refractivity contribution in [3.05, 3.63) is 34.7 Å². The number of piperazine rings is 1. The number of halogens is 4. The number of anilines is 2. The molecule has 0 aliphatic carbocycles. The molecule has 1 N–H and O–H groups in total. The molecule has 0 bridgehead atoms. The van der Waals surface area contributed by atoms with Gasteiger partial charge in [-0.15, -0.1) is 0 Å². The van der Waals surface area contributed by atoms with Crippen LogP contribution < -0.4 is 14.5 Å². The molecule has 1 aliphatic rings. The van der Waals surface area contributed by atoms with Crippen LogP contribution in [0.3, 0.4) is 0 Å². The van der Waals surface area contributed by atoms with Gasteiger partial charge in [-0.2, -0.15) is 18.3 Å². The number of benzene rings is 1. The Morgan fingerprint density at radius 3 is 2.44 bits per heavy atom. The van der Waals surface area contributed by atoms with E-state index in [0.717, 1.165) is 43.1 Å². The number of hydrogen-bond acceptors (Lipinski definition) is 7. The van der Waals surface area contributed by atoms with Gasteiger partial charge in [0.05, 0.1) is 12.0 Å². The summed E-state index contributed by atoms with van der Waals surface area (Å²) in [5, 5.41) is 6.28. The molecule has 2 aromatic heterocycles. The number of alkyl halides is 3. The van der Waals surface area contributed by atoms with Gasteiger partial charge in [0, 0.05) is 49.0 Å². The van der Waals surface area contributed by atoms with E-state index < -0.39 is 11.9 Å². The van der Waals surface area contributed by atoms with E-state index in [-0.39, 0.29) is 16.9 Å². The van der Waals surface area contributed by atoms with Crippen molar-refractivity contribution in [2.75, 3.05) is 62.2 Å². The van der Waals surface area contributed by atoms with Gasteiger partial charge in [-0.25, -0.2) is 9.97 Å². The SMILES string of the molecule is CCN(CC)CCCOc1cc(Cl)cc(N2CCN(c3ncnc4n[nH]c(C(F)(F)F)c34)CC2)c1C. The molecule has 1 aromatic carbocycles. The Balaban J connectivity index is 1.46. The van der Waals surface area contributed by atoms with Crippen LogP contribution in [-0.2, 0) is 6.18 Å². The molecule has 36 heavy (non-hydrogen) atoms. The van der Waals surface area contributed by atoms with Crippen molar-refractivity contribution < 1.29 is 17.9 Å². The molecule has 0 radical (unpaired) electrons. The van der Waals surface area contributed by atoms with E-state index in [4.69, 9.17) is 16.3 Å². The van der Waals surface area contributed by atoms with Gasteiger partial charge in [-0.05, 0) is 38.6 Å². The van der Waals surface area contributed by atoms with Crippen LogP contribution in [0, 0.1) is 6.92 Å². The molecule has 1 saturated heterocycles. The monoisotopic (exact) mass is 525 g/mol. The second-order valence-electron chi connectivity index (χ2n) is 8.74. The fourth-order valence-electron chi connectivity index (χ4n) is 4.57. The van der Waals surface area contributed by atoms with Crippen molar-refractivity contribution in [2.45, 2.75) is 33.4 Å². The largest absolute Gasteiger partial charge is 0.493 e. The van der Waals surface area contributed by atoms with Gasteiger partial charge < -0.3 is 19.4 Å². The van der Waals surface area contributed by atoms with Crippen LogP contribution >= 0.6 is 11.6 Å². The predicted octanol–water partition coefficient (Wildman–Crippen LogP) is 4.77. The molecule has 196 valence electrons. The molecule has 1 aliphatic heterocycles. The maximum Gasteiger partial charge on any atom is 0.433 e. The second-order valence-corrected chi connectivity index (χ2v) is 9.18. The van der Waals surface area contributed by atoms with Gasteiger partial charge >= 0.3 is 6.18 Å². The predicted molar refractivity (Wildman–Crippen MR) is 135 cm³/mol. The van der Waals surface area contributed by atoms with Crippen LogP contribution in [-0.4, -0.2) is 77.5 Å². The number of nitrogens with one attached hydrogen (secondary N) is 1. The molecule has 1 fully saturated rings. The zero-order valence-electron chi connectivity index (χ0n) is 20.7. The Morgan fingerprint density at radius 1 is 1.08 bits per heavy atom. The first-order chi connectivity index (χ1) is 17.2. The number of ether oxygens (including phenoxy) is 1. The second kappa shape index (κ2) is 11.1. The van der Waals surface area contributed by atoms with Crippen LogP contribution in [0.15, 0.2) is 18.5 Å². The van der Waals surface area contributed by atoms with Gasteiger partial charge in [0.15, 0.2) is 11.3 Å². The van der Waals surface area contributed by atoms with Crippen LogP contribution in [0.5, 0.6) is 5.75 Å². The number of rotatable bonds is 9. The summed E-state index contributed by atoms with van der Waals surface area (Å²) in [5.41, 5.74) is 1.04. The maximum atomic E-state index is 13.5. The maximum absolute atomic E-state index is 13.5. The molecule has 4 rings (SSSR count). The minimum absolute atomic E-state index is 0.00299. The van der Waals surface area contributed by atoms with Gasteiger partial charge in [0.2, 0.25) is 0 Å². The lowest BCUT2D eigenvalue weighted by molar-refractivity contribution is -0.139. The van der Waals surface area contributed by atoms with Gasteiger partial charge in [0.1, 0.15) is 17.9 Å². The molecule has 0 unspecified atom stereocenters. The highest BCUT2D eigenvalue weighted by atomic mass is 35.5. The molecule has 0 atom stereocenters. The molecule has 8 nitrogen and oxygen atoms in total. The lowest BCUT2D eigenvalue weighted by atomic mass is 10.1. The number of aromatic amines is 1. The van der Waals surface area contributed by atoms with E-state index in [1.807, 2.05) is 24.0 Å². The van der Waals surface area contributed by atoms with Crippen molar-refractivity contribution in [3.63, 3.8) is 0 Å². The third kappa shape index (κ3) is 5.62. The average Bonchev–Trinajstić information content (AvgIpc) is 3.31. The summed E-state index contributed by atoms with van der Waals surface area (Å²) in [5.74, 6) is 0.992. The minimum atomic E-state index is -4.57. The highest BCUT2D eigenvalue weighted by molar-refractivity contribution is 6.31. The summed E-state index contributed by atoms with van der Waals surface area (Å²) in [6.07, 6.45) is -2.41. The smallest absolute Gasteiger partial charge is 0.433 e. The zero-order chi connectivity index (χ0) is 25.9. The molecule has 0 amide bonds. The molecular formula is C24H31ClF3N7O. The van der Waals surface area contributed by atoms with E-state index in [2.05, 4.69) is 43.8 Å². The van der Waals surface area contributed by atoms with E-state index in [0.29, 0.717) is 37.8 Å². The Kier molecular flexibility index (Phi) is 8.09. The third-order valence-electron chi connectivity index (χ3n) is 6.60. The highest BCUT2D eigenvalue weighted by Crippen LogP contribution is 2.37. The van der Waals surface area contributed by atoms with Crippen molar-refractivity contribution >= 4 is 34.1 Å². The number of H-pyrrole nitrogens is 1. The Hall–Kier alpha value is -2.79. The highest BCUT2D eigenvalue weighted by Gasteiger charge is 2.37. The lowest BCUT2D eigenvalue weighted by Gasteiger charge is -2.37. The van der Waals surface area contributed by atoms with Crippen LogP contribution in [0.2, 0.25) is 5.02 Å². The summed E-state index contributed by atoms with van der Waals surface area (Å²) in [7, 11) is 0. The molecule has 12 heteroatoms. The molecule has 3 heterocycles. The van der Waals surface area contributed by atoms with Gasteiger partial charge in [-0.1, -0.05) is 25.4 Å². The quantitative estimate of drug-likeness (QED) is 0.403. The normalized spacial score (nSPS) is 14.8.